The summed E-state index contributed by atoms with van der Waals surface area (Å²) < 4.78 is 11.0. The summed E-state index contributed by atoms with van der Waals surface area (Å²) in [6.45, 7) is 3.03. The standard InChI is InChI=1S/C18H21N3O4/c1-2-16(22)20-13-5-6-17(19-12-13)25-14-7-9-21(10-8-14)18(23)15-4-3-11-24-15/h3-6,11-12,14H,2,7-10H2,1H3,(H,20,22). The molecule has 0 aromatic carbocycles. The second kappa shape index (κ2) is 7.83. The topological polar surface area (TPSA) is 84.7 Å². The van der Waals surface area contributed by atoms with Crippen molar-refractivity contribution in [2.75, 3.05) is 18.4 Å². The number of amides is 2. The van der Waals surface area contributed by atoms with Crippen LogP contribution in [0.15, 0.2) is 41.1 Å². The lowest BCUT2D eigenvalue weighted by Gasteiger charge is -2.31. The number of aromatic nitrogens is 1. The van der Waals surface area contributed by atoms with E-state index in [0.29, 0.717) is 36.8 Å². The molecule has 2 aromatic rings. The lowest BCUT2D eigenvalue weighted by Crippen LogP contribution is -2.41. The van der Waals surface area contributed by atoms with Gasteiger partial charge in [0.05, 0.1) is 18.1 Å². The lowest BCUT2D eigenvalue weighted by atomic mass is 10.1. The van der Waals surface area contributed by atoms with Crippen molar-refractivity contribution in [1.29, 1.82) is 0 Å². The molecule has 3 rings (SSSR count). The minimum absolute atomic E-state index is 0.0178. The maximum absolute atomic E-state index is 12.2. The Labute approximate surface area is 146 Å². The number of furan rings is 1. The van der Waals surface area contributed by atoms with Crippen molar-refractivity contribution in [2.45, 2.75) is 32.3 Å². The maximum atomic E-state index is 12.2. The van der Waals surface area contributed by atoms with Crippen LogP contribution >= 0.6 is 0 Å². The Balaban J connectivity index is 1.49. The Morgan fingerprint density at radius 1 is 1.32 bits per heavy atom. The van der Waals surface area contributed by atoms with E-state index in [4.69, 9.17) is 9.15 Å². The minimum Gasteiger partial charge on any atom is -0.474 e. The molecule has 0 unspecified atom stereocenters. The Morgan fingerprint density at radius 2 is 2.12 bits per heavy atom. The summed E-state index contributed by atoms with van der Waals surface area (Å²) in [5.74, 6) is 0.748. The highest BCUT2D eigenvalue weighted by Crippen LogP contribution is 2.20. The third-order valence-corrected chi connectivity index (χ3v) is 4.09. The van der Waals surface area contributed by atoms with Gasteiger partial charge in [0.15, 0.2) is 5.76 Å². The van der Waals surface area contributed by atoms with Crippen LogP contribution in [0.4, 0.5) is 5.69 Å². The lowest BCUT2D eigenvalue weighted by molar-refractivity contribution is -0.115. The van der Waals surface area contributed by atoms with E-state index in [9.17, 15) is 9.59 Å². The predicted octanol–water partition coefficient (Wildman–Crippen LogP) is 2.71. The highest BCUT2D eigenvalue weighted by atomic mass is 16.5. The van der Waals surface area contributed by atoms with E-state index in [1.807, 2.05) is 0 Å². The molecule has 0 aliphatic carbocycles. The van der Waals surface area contributed by atoms with Gasteiger partial charge in [0.25, 0.3) is 5.91 Å². The molecule has 1 aliphatic rings. The average Bonchev–Trinajstić information content (AvgIpc) is 3.18. The van der Waals surface area contributed by atoms with Crippen molar-refractivity contribution in [3.05, 3.63) is 42.5 Å². The summed E-state index contributed by atoms with van der Waals surface area (Å²) in [5.41, 5.74) is 0.651. The zero-order valence-electron chi connectivity index (χ0n) is 14.1. The van der Waals surface area contributed by atoms with Gasteiger partial charge in [-0.05, 0) is 18.2 Å². The molecule has 1 aliphatic heterocycles. The molecule has 2 amide bonds. The average molecular weight is 343 g/mol. The number of nitrogens with one attached hydrogen (secondary N) is 1. The van der Waals surface area contributed by atoms with Crippen LogP contribution in [0.2, 0.25) is 0 Å². The van der Waals surface area contributed by atoms with Gasteiger partial charge in [0.2, 0.25) is 11.8 Å². The number of anilines is 1. The summed E-state index contributed by atoms with van der Waals surface area (Å²) in [5, 5.41) is 2.74. The number of nitrogens with zero attached hydrogens (tertiary/aromatic N) is 2. The number of ether oxygens (including phenoxy) is 1. The Bertz CT molecular complexity index is 704. The fraction of sp³-hybridized carbons (Fsp3) is 0.389. The van der Waals surface area contributed by atoms with Crippen LogP contribution in [0.3, 0.4) is 0 Å². The molecule has 25 heavy (non-hydrogen) atoms. The summed E-state index contributed by atoms with van der Waals surface area (Å²) in [6, 6.07) is 6.90. The highest BCUT2D eigenvalue weighted by molar-refractivity contribution is 5.91. The van der Waals surface area contributed by atoms with Gasteiger partial charge in [-0.3, -0.25) is 9.59 Å². The summed E-state index contributed by atoms with van der Waals surface area (Å²) in [6.07, 6.45) is 5.00. The number of hydrogen-bond donors (Lipinski definition) is 1. The van der Waals surface area contributed by atoms with Gasteiger partial charge in [0, 0.05) is 38.4 Å². The number of carbonyl (C=O) groups is 2. The second-order valence-electron chi connectivity index (χ2n) is 5.87. The molecule has 0 atom stereocenters. The first-order valence-corrected chi connectivity index (χ1v) is 8.41. The fourth-order valence-corrected chi connectivity index (χ4v) is 2.68. The first-order chi connectivity index (χ1) is 12.2. The van der Waals surface area contributed by atoms with Crippen molar-refractivity contribution in [2.24, 2.45) is 0 Å². The predicted molar refractivity (Wildman–Crippen MR) is 91.4 cm³/mol. The van der Waals surface area contributed by atoms with E-state index in [-0.39, 0.29) is 17.9 Å². The number of likely N-dealkylation sites (tertiary alicyclic amines) is 1. The van der Waals surface area contributed by atoms with Gasteiger partial charge in [-0.2, -0.15) is 0 Å². The van der Waals surface area contributed by atoms with Gasteiger partial charge < -0.3 is 19.4 Å². The van der Waals surface area contributed by atoms with E-state index >= 15 is 0 Å². The fourth-order valence-electron chi connectivity index (χ4n) is 2.68. The largest absolute Gasteiger partial charge is 0.474 e. The van der Waals surface area contributed by atoms with Crippen LogP contribution in [-0.2, 0) is 4.79 Å². The molecule has 0 radical (unpaired) electrons. The van der Waals surface area contributed by atoms with Gasteiger partial charge in [0.1, 0.15) is 6.10 Å². The second-order valence-corrected chi connectivity index (χ2v) is 5.87. The van der Waals surface area contributed by atoms with E-state index in [1.165, 1.54) is 6.26 Å². The molecule has 3 heterocycles. The minimum atomic E-state index is -0.0856. The molecule has 7 heteroatoms. The van der Waals surface area contributed by atoms with Crippen LogP contribution in [-0.4, -0.2) is 40.9 Å². The normalized spacial score (nSPS) is 15.0. The molecule has 1 fully saturated rings. The van der Waals surface area contributed by atoms with Crippen molar-refractivity contribution < 1.29 is 18.7 Å². The number of piperidine rings is 1. The van der Waals surface area contributed by atoms with Crippen LogP contribution < -0.4 is 10.1 Å². The van der Waals surface area contributed by atoms with E-state index in [1.54, 1.807) is 42.3 Å². The van der Waals surface area contributed by atoms with Crippen LogP contribution in [0.1, 0.15) is 36.7 Å². The summed E-state index contributed by atoms with van der Waals surface area (Å²) in [7, 11) is 0. The smallest absolute Gasteiger partial charge is 0.289 e. The molecule has 132 valence electrons. The first kappa shape index (κ1) is 17.0. The van der Waals surface area contributed by atoms with Crippen LogP contribution in [0.5, 0.6) is 5.88 Å². The van der Waals surface area contributed by atoms with Crippen molar-refractivity contribution in [3.63, 3.8) is 0 Å². The first-order valence-electron chi connectivity index (χ1n) is 8.41. The third kappa shape index (κ3) is 4.37. The number of hydrogen-bond acceptors (Lipinski definition) is 5. The van der Waals surface area contributed by atoms with Crippen LogP contribution in [0.25, 0.3) is 0 Å². The van der Waals surface area contributed by atoms with E-state index in [0.717, 1.165) is 12.8 Å². The van der Waals surface area contributed by atoms with Crippen molar-refractivity contribution in [1.82, 2.24) is 9.88 Å². The number of rotatable bonds is 5. The van der Waals surface area contributed by atoms with E-state index in [2.05, 4.69) is 10.3 Å². The zero-order valence-corrected chi connectivity index (χ0v) is 14.1. The van der Waals surface area contributed by atoms with Crippen molar-refractivity contribution in [3.8, 4) is 5.88 Å². The summed E-state index contributed by atoms with van der Waals surface area (Å²) >= 11 is 0. The van der Waals surface area contributed by atoms with Gasteiger partial charge in [-0.25, -0.2) is 4.98 Å². The zero-order chi connectivity index (χ0) is 17.6. The monoisotopic (exact) mass is 343 g/mol. The third-order valence-electron chi connectivity index (χ3n) is 4.09. The molecule has 1 N–H and O–H groups in total. The SMILES string of the molecule is CCC(=O)Nc1ccc(OC2CCN(C(=O)c3ccco3)CC2)nc1. The Kier molecular flexibility index (Phi) is 5.33. The van der Waals surface area contributed by atoms with Gasteiger partial charge in [-0.1, -0.05) is 6.92 Å². The maximum Gasteiger partial charge on any atom is 0.289 e. The quantitative estimate of drug-likeness (QED) is 0.902. The number of pyridine rings is 1. The molecule has 7 nitrogen and oxygen atoms in total. The molecule has 1 saturated heterocycles. The summed E-state index contributed by atoms with van der Waals surface area (Å²) in [4.78, 5) is 29.6. The number of carbonyl (C=O) groups excluding carboxylic acids is 2. The molecule has 2 aromatic heterocycles. The molecule has 0 spiro atoms. The molecule has 0 bridgehead atoms. The van der Waals surface area contributed by atoms with Crippen molar-refractivity contribution >= 4 is 17.5 Å². The van der Waals surface area contributed by atoms with Gasteiger partial charge in [-0.15, -0.1) is 0 Å². The highest BCUT2D eigenvalue weighted by Gasteiger charge is 2.26. The van der Waals surface area contributed by atoms with Crippen LogP contribution in [0, 0.1) is 0 Å². The molecular weight excluding hydrogens is 322 g/mol. The Morgan fingerprint density at radius 3 is 2.72 bits per heavy atom. The molecular formula is C18H21N3O4. The van der Waals surface area contributed by atoms with E-state index < -0.39 is 0 Å². The Hall–Kier alpha value is -2.83. The van der Waals surface area contributed by atoms with Gasteiger partial charge >= 0.3 is 0 Å². The molecule has 0 saturated carbocycles.